The summed E-state index contributed by atoms with van der Waals surface area (Å²) in [4.78, 5) is 48.9. The number of unbranched alkanes of at least 4 members (excludes halogenated alkanes) is 1. The number of aliphatic hydroxyl groups is 1. The number of carbonyl (C=O) groups is 3. The van der Waals surface area contributed by atoms with Crippen LogP contribution in [0.25, 0.3) is 10.4 Å². The van der Waals surface area contributed by atoms with E-state index in [9.17, 15) is 19.5 Å². The molecule has 314 valence electrons. The summed E-state index contributed by atoms with van der Waals surface area (Å²) in [7, 11) is 5.38. The number of Topliss-reactive ketones (excluding diaryl/α,β-unsaturated/α-hetero) is 1. The van der Waals surface area contributed by atoms with Gasteiger partial charge in [0.25, 0.3) is 0 Å². The molecule has 4 rings (SSSR count). The summed E-state index contributed by atoms with van der Waals surface area (Å²) in [6.07, 6.45) is -1.58. The molecule has 13 atom stereocenters. The highest BCUT2D eigenvalue weighted by atomic mass is 16.7. The van der Waals surface area contributed by atoms with Crippen LogP contribution in [0, 0.1) is 17.8 Å². The summed E-state index contributed by atoms with van der Waals surface area (Å²) in [5.41, 5.74) is 7.47. The molecule has 3 aliphatic heterocycles. The Balaban J connectivity index is 1.79. The number of ketones is 1. The van der Waals surface area contributed by atoms with E-state index in [0.29, 0.717) is 58.2 Å². The number of nitrogens with zero attached hydrogens (tertiary/aromatic N) is 5. The van der Waals surface area contributed by atoms with E-state index in [2.05, 4.69) is 22.3 Å². The number of amides is 1. The molecule has 3 saturated heterocycles. The molecular weight excluding hydrogens is 720 g/mol. The van der Waals surface area contributed by atoms with Gasteiger partial charge in [0.05, 0.1) is 23.9 Å². The van der Waals surface area contributed by atoms with Crippen molar-refractivity contribution in [2.24, 2.45) is 22.9 Å². The predicted octanol–water partition coefficient (Wildman–Crippen LogP) is 5.28. The van der Waals surface area contributed by atoms with E-state index in [0.717, 1.165) is 5.56 Å². The van der Waals surface area contributed by atoms with E-state index in [1.54, 1.807) is 18.9 Å². The van der Waals surface area contributed by atoms with Crippen LogP contribution >= 0.6 is 0 Å². The number of likely N-dealkylation sites (N-methyl/N-ethyl adjacent to an activating group) is 1. The quantitative estimate of drug-likeness (QED) is 0.0702. The third-order valence-corrected chi connectivity index (χ3v) is 12.2. The number of nitrogens with one attached hydrogen (secondary N) is 1. The van der Waals surface area contributed by atoms with Gasteiger partial charge in [0.15, 0.2) is 17.7 Å². The van der Waals surface area contributed by atoms with Crippen molar-refractivity contribution in [1.82, 2.24) is 15.1 Å². The van der Waals surface area contributed by atoms with Crippen LogP contribution in [0.3, 0.4) is 0 Å². The lowest BCUT2D eigenvalue weighted by molar-refractivity contribution is -0.295. The zero-order valence-electron chi connectivity index (χ0n) is 35.1. The van der Waals surface area contributed by atoms with Gasteiger partial charge in [-0.1, -0.05) is 56.2 Å². The number of carbonyl (C=O) groups excluding carboxylic acids is 3. The second-order valence-electron chi connectivity index (χ2n) is 16.8. The first kappa shape index (κ1) is 45.4. The van der Waals surface area contributed by atoms with Gasteiger partial charge >= 0.3 is 12.1 Å². The largest absolute Gasteiger partial charge is 0.458 e. The smallest absolute Gasteiger partial charge is 0.410 e. The van der Waals surface area contributed by atoms with Gasteiger partial charge in [-0.3, -0.25) is 14.5 Å². The Labute approximate surface area is 332 Å². The average Bonchev–Trinajstić information content (AvgIpc) is 3.43. The molecule has 3 aliphatic rings. The fourth-order valence-electron chi connectivity index (χ4n) is 9.04. The van der Waals surface area contributed by atoms with Crippen molar-refractivity contribution in [2.45, 2.75) is 147 Å². The lowest BCUT2D eigenvalue weighted by Crippen LogP contribution is -2.62. The predicted molar refractivity (Wildman–Crippen MR) is 211 cm³/mol. The standard InChI is InChI=1S/C41H66N6O9/c1-11-32-41(7)35(47(39(51)56-41)20-16-15-19-44-45-42)30(22-29-17-13-12-14-18-29)43-24-25(2)23-40(6,52-10)36(27(4)33(48)28(5)37(50)54-32)55-38-34(49)31(46(8)9)21-26(3)53-38/h12-14,17-18,25-28,30-32,34-36,38,43,49H,11,15-16,19-24H2,1-10H3/t25-,26?,27+,28-,30-,31?,32-,34?,35-,36-,38+,40-,41-/m1/s1. The minimum atomic E-state index is -1.29. The Morgan fingerprint density at radius 2 is 1.80 bits per heavy atom. The van der Waals surface area contributed by atoms with Crippen molar-refractivity contribution >= 4 is 17.8 Å². The Bertz CT molecular complexity index is 1510. The van der Waals surface area contributed by atoms with Crippen LogP contribution in [-0.2, 0) is 39.7 Å². The van der Waals surface area contributed by atoms with Gasteiger partial charge < -0.3 is 39.0 Å². The number of cyclic esters (lactones) is 1. The molecule has 1 aromatic carbocycles. The van der Waals surface area contributed by atoms with Gasteiger partial charge in [0.2, 0.25) is 0 Å². The molecule has 56 heavy (non-hydrogen) atoms. The van der Waals surface area contributed by atoms with Gasteiger partial charge in [-0.05, 0) is 104 Å². The van der Waals surface area contributed by atoms with E-state index in [1.165, 1.54) is 6.92 Å². The summed E-state index contributed by atoms with van der Waals surface area (Å²) >= 11 is 0. The molecule has 0 bridgehead atoms. The number of hydrogen-bond donors (Lipinski definition) is 2. The second-order valence-corrected chi connectivity index (χ2v) is 16.8. The minimum Gasteiger partial charge on any atom is -0.458 e. The van der Waals surface area contributed by atoms with Crippen LogP contribution in [0.15, 0.2) is 35.4 Å². The second kappa shape index (κ2) is 19.9. The molecule has 0 aliphatic carbocycles. The highest BCUT2D eigenvalue weighted by Crippen LogP contribution is 2.41. The third-order valence-electron chi connectivity index (χ3n) is 12.2. The van der Waals surface area contributed by atoms with E-state index < -0.39 is 71.5 Å². The molecule has 0 saturated carbocycles. The number of fused-ring (bicyclic) bond motifs is 1. The molecule has 0 radical (unpaired) electrons. The summed E-state index contributed by atoms with van der Waals surface area (Å²) in [5, 5.41) is 18.9. The number of methoxy groups -OCH3 is 1. The van der Waals surface area contributed by atoms with Gasteiger partial charge in [0.1, 0.15) is 18.1 Å². The molecule has 3 unspecified atom stereocenters. The number of azide groups is 1. The summed E-state index contributed by atoms with van der Waals surface area (Å²) in [6.45, 7) is 14.0. The van der Waals surface area contributed by atoms with Crippen molar-refractivity contribution in [3.05, 3.63) is 46.3 Å². The number of benzene rings is 1. The van der Waals surface area contributed by atoms with E-state index in [4.69, 9.17) is 29.2 Å². The first-order chi connectivity index (χ1) is 26.5. The van der Waals surface area contributed by atoms with Crippen LogP contribution in [-0.4, -0.2) is 134 Å². The zero-order valence-corrected chi connectivity index (χ0v) is 35.1. The monoisotopic (exact) mass is 786 g/mol. The fourth-order valence-corrected chi connectivity index (χ4v) is 9.04. The van der Waals surface area contributed by atoms with Crippen molar-refractivity contribution in [1.29, 1.82) is 0 Å². The van der Waals surface area contributed by atoms with Gasteiger partial charge in [-0.2, -0.15) is 0 Å². The van der Waals surface area contributed by atoms with Crippen LogP contribution in [0.2, 0.25) is 0 Å². The van der Waals surface area contributed by atoms with E-state index >= 15 is 0 Å². The molecule has 15 heteroatoms. The summed E-state index contributed by atoms with van der Waals surface area (Å²) in [6, 6.07) is 8.80. The van der Waals surface area contributed by atoms with Gasteiger partial charge in [0, 0.05) is 43.1 Å². The molecule has 0 aromatic heterocycles. The van der Waals surface area contributed by atoms with Crippen molar-refractivity contribution in [2.75, 3.05) is 40.8 Å². The van der Waals surface area contributed by atoms with E-state index in [-0.39, 0.29) is 24.1 Å². The van der Waals surface area contributed by atoms with Gasteiger partial charge in [-0.25, -0.2) is 4.79 Å². The normalized spacial score (nSPS) is 37.5. The molecular formula is C41H66N6O9. The molecule has 2 N–H and O–H groups in total. The number of esters is 1. The molecule has 1 aromatic rings. The number of ether oxygens (including phenoxy) is 5. The summed E-state index contributed by atoms with van der Waals surface area (Å²) in [5.74, 6) is -3.27. The topological polar surface area (TPSA) is 185 Å². The van der Waals surface area contributed by atoms with Crippen molar-refractivity contribution in [3.8, 4) is 0 Å². The number of aliphatic hydroxyl groups excluding tert-OH is 1. The fraction of sp³-hybridized carbons (Fsp3) is 0.780. The lowest BCUT2D eigenvalue weighted by Gasteiger charge is -2.46. The van der Waals surface area contributed by atoms with Crippen LogP contribution in [0.5, 0.6) is 0 Å². The Hall–Kier alpha value is -3.30. The maximum atomic E-state index is 14.4. The minimum absolute atomic E-state index is 0.0544. The van der Waals surface area contributed by atoms with Gasteiger partial charge in [-0.15, -0.1) is 0 Å². The Morgan fingerprint density at radius 3 is 2.43 bits per heavy atom. The average molecular weight is 787 g/mol. The number of rotatable bonds is 12. The molecule has 0 spiro atoms. The number of hydrogen-bond acceptors (Lipinski definition) is 12. The van der Waals surface area contributed by atoms with Crippen molar-refractivity contribution in [3.63, 3.8) is 0 Å². The van der Waals surface area contributed by atoms with Crippen molar-refractivity contribution < 1.29 is 43.2 Å². The molecule has 1 amide bonds. The molecule has 15 nitrogen and oxygen atoms in total. The molecule has 3 heterocycles. The van der Waals surface area contributed by atoms with Crippen LogP contribution < -0.4 is 5.32 Å². The Kier molecular flexibility index (Phi) is 16.1. The Morgan fingerprint density at radius 1 is 1.11 bits per heavy atom. The molecule has 3 fully saturated rings. The zero-order chi connectivity index (χ0) is 41.4. The highest BCUT2D eigenvalue weighted by molar-refractivity contribution is 6.00. The maximum absolute atomic E-state index is 14.4. The highest BCUT2D eigenvalue weighted by Gasteiger charge is 2.59. The van der Waals surface area contributed by atoms with Crippen LogP contribution in [0.4, 0.5) is 4.79 Å². The maximum Gasteiger partial charge on any atom is 0.410 e. The van der Waals surface area contributed by atoms with E-state index in [1.807, 2.05) is 77.0 Å². The summed E-state index contributed by atoms with van der Waals surface area (Å²) < 4.78 is 31.7. The van der Waals surface area contributed by atoms with Crippen LogP contribution in [0.1, 0.15) is 86.1 Å². The first-order valence-corrected chi connectivity index (χ1v) is 20.2. The lowest BCUT2D eigenvalue weighted by atomic mass is 9.78. The SMILES string of the molecule is CC[C@H]1OC(=O)[C@H](C)C(=O)[C@H](C)[C@@H](O[C@@H]2OC(C)CC(N(C)C)C2O)[C@](C)(OC)C[C@@H](C)CN[C@H](Cc2ccccc2)[C@H]2N(CCCCN=[N+]=[N-])C(=O)O[C@]12C. The first-order valence-electron chi connectivity index (χ1n) is 20.2. The third kappa shape index (κ3) is 10.4.